The third-order valence-corrected chi connectivity index (χ3v) is 6.49. The molecule has 3 N–H and O–H groups in total. The van der Waals surface area contributed by atoms with Gasteiger partial charge in [-0.25, -0.2) is 9.36 Å². The van der Waals surface area contributed by atoms with Gasteiger partial charge in [0.15, 0.2) is 5.82 Å². The third kappa shape index (κ3) is 4.21. The number of nitrogens with zero attached hydrogens (tertiary/aromatic N) is 5. The fourth-order valence-electron chi connectivity index (χ4n) is 3.98. The van der Waals surface area contributed by atoms with Crippen LogP contribution in [0.25, 0.3) is 5.69 Å². The summed E-state index contributed by atoms with van der Waals surface area (Å²) in [5.41, 5.74) is 3.36. The Bertz CT molecular complexity index is 1020. The van der Waals surface area contributed by atoms with E-state index in [2.05, 4.69) is 20.6 Å². The number of aryl methyl sites for hydroxylation is 1. The lowest BCUT2D eigenvalue weighted by atomic mass is 9.89. The number of amides is 1. The minimum Gasteiger partial charge on any atom is -0.336 e. The van der Waals surface area contributed by atoms with Gasteiger partial charge in [0.1, 0.15) is 0 Å². The fourth-order valence-corrected chi connectivity index (χ4v) is 4.64. The molecule has 8 nitrogen and oxygen atoms in total. The molecule has 0 aliphatic heterocycles. The normalized spacial score (nSPS) is 14.7. The molecular weight excluding hydrogens is 398 g/mol. The molecule has 0 unspecified atom stereocenters. The van der Waals surface area contributed by atoms with Crippen LogP contribution in [0, 0.1) is 13.8 Å². The van der Waals surface area contributed by atoms with E-state index in [1.165, 1.54) is 31.0 Å². The highest BCUT2D eigenvalue weighted by atomic mass is 32.2. The van der Waals surface area contributed by atoms with E-state index in [9.17, 15) is 4.79 Å². The zero-order valence-electron chi connectivity index (χ0n) is 17.3. The van der Waals surface area contributed by atoms with Crippen LogP contribution in [-0.2, 0) is 4.79 Å². The molecular formula is C21H27N7OS. The molecule has 3 aromatic rings. The van der Waals surface area contributed by atoms with Crippen molar-refractivity contribution < 1.29 is 4.79 Å². The largest absolute Gasteiger partial charge is 0.336 e. The molecule has 2 heterocycles. The van der Waals surface area contributed by atoms with Crippen LogP contribution in [-0.4, -0.2) is 36.3 Å². The van der Waals surface area contributed by atoms with Gasteiger partial charge in [0, 0.05) is 5.92 Å². The standard InChI is InChI=1S/C21H27N7OS/c1-14-19(15(2)28(26-14)17-11-7-4-8-12-17)23-18(29)13-30-21-25-24-20(27(21)22)16-9-5-3-6-10-16/h4,7-8,11-12,16H,3,5-6,9-10,13,22H2,1-2H3,(H,23,29). The summed E-state index contributed by atoms with van der Waals surface area (Å²) in [7, 11) is 0. The van der Waals surface area contributed by atoms with Crippen molar-refractivity contribution in [2.24, 2.45) is 0 Å². The van der Waals surface area contributed by atoms with Crippen LogP contribution in [0.15, 0.2) is 35.5 Å². The number of para-hydroxylation sites is 1. The van der Waals surface area contributed by atoms with E-state index in [4.69, 9.17) is 5.84 Å². The Balaban J connectivity index is 1.40. The number of nitrogen functional groups attached to an aromatic ring is 1. The summed E-state index contributed by atoms with van der Waals surface area (Å²) in [6.07, 6.45) is 5.89. The summed E-state index contributed by atoms with van der Waals surface area (Å²) in [6.45, 7) is 3.84. The maximum Gasteiger partial charge on any atom is 0.234 e. The Morgan fingerprint density at radius 2 is 1.90 bits per heavy atom. The van der Waals surface area contributed by atoms with Gasteiger partial charge in [0.2, 0.25) is 11.1 Å². The zero-order valence-corrected chi connectivity index (χ0v) is 18.2. The van der Waals surface area contributed by atoms with E-state index in [-0.39, 0.29) is 11.7 Å². The Hall–Kier alpha value is -2.81. The monoisotopic (exact) mass is 425 g/mol. The van der Waals surface area contributed by atoms with Gasteiger partial charge >= 0.3 is 0 Å². The molecule has 30 heavy (non-hydrogen) atoms. The van der Waals surface area contributed by atoms with E-state index >= 15 is 0 Å². The van der Waals surface area contributed by atoms with Crippen molar-refractivity contribution in [1.29, 1.82) is 0 Å². The van der Waals surface area contributed by atoms with Crippen molar-refractivity contribution in [2.75, 3.05) is 16.9 Å². The Kier molecular flexibility index (Phi) is 6.08. The first-order valence-electron chi connectivity index (χ1n) is 10.3. The second kappa shape index (κ2) is 8.91. The second-order valence-corrected chi connectivity index (χ2v) is 8.62. The summed E-state index contributed by atoms with van der Waals surface area (Å²) in [6, 6.07) is 9.86. The van der Waals surface area contributed by atoms with Crippen LogP contribution in [0.4, 0.5) is 5.69 Å². The number of rotatable bonds is 6. The Morgan fingerprint density at radius 3 is 2.63 bits per heavy atom. The average molecular weight is 426 g/mol. The predicted octanol–water partition coefficient (Wildman–Crippen LogP) is 3.57. The van der Waals surface area contributed by atoms with E-state index in [0.717, 1.165) is 41.4 Å². The highest BCUT2D eigenvalue weighted by molar-refractivity contribution is 7.99. The smallest absolute Gasteiger partial charge is 0.234 e. The minimum absolute atomic E-state index is 0.124. The quantitative estimate of drug-likeness (QED) is 0.462. The van der Waals surface area contributed by atoms with Gasteiger partial charge in [-0.3, -0.25) is 4.79 Å². The molecule has 4 rings (SSSR count). The van der Waals surface area contributed by atoms with Crippen LogP contribution >= 0.6 is 11.8 Å². The summed E-state index contributed by atoms with van der Waals surface area (Å²) in [4.78, 5) is 12.6. The van der Waals surface area contributed by atoms with Crippen LogP contribution in [0.1, 0.15) is 55.2 Å². The molecule has 0 bridgehead atoms. The van der Waals surface area contributed by atoms with Crippen molar-refractivity contribution in [1.82, 2.24) is 24.7 Å². The number of thioether (sulfide) groups is 1. The SMILES string of the molecule is Cc1nn(-c2ccccc2)c(C)c1NC(=O)CSc1nnc(C2CCCCC2)n1N. The van der Waals surface area contributed by atoms with E-state index < -0.39 is 0 Å². The molecule has 1 aliphatic rings. The third-order valence-electron chi connectivity index (χ3n) is 5.55. The van der Waals surface area contributed by atoms with Gasteiger partial charge in [0.25, 0.3) is 0 Å². The van der Waals surface area contributed by atoms with Crippen LogP contribution in [0.5, 0.6) is 0 Å². The van der Waals surface area contributed by atoms with Gasteiger partial charge in [-0.2, -0.15) is 5.10 Å². The molecule has 0 radical (unpaired) electrons. The van der Waals surface area contributed by atoms with Gasteiger partial charge in [-0.1, -0.05) is 49.2 Å². The molecule has 0 atom stereocenters. The van der Waals surface area contributed by atoms with Crippen LogP contribution in [0.3, 0.4) is 0 Å². The molecule has 1 aliphatic carbocycles. The van der Waals surface area contributed by atoms with Crippen molar-refractivity contribution in [3.05, 3.63) is 47.5 Å². The zero-order chi connectivity index (χ0) is 21.1. The number of anilines is 1. The average Bonchev–Trinajstić information content (AvgIpc) is 3.27. The van der Waals surface area contributed by atoms with Crippen molar-refractivity contribution in [3.8, 4) is 5.69 Å². The summed E-state index contributed by atoms with van der Waals surface area (Å²) in [5, 5.41) is 16.6. The summed E-state index contributed by atoms with van der Waals surface area (Å²) >= 11 is 1.30. The van der Waals surface area contributed by atoms with Crippen LogP contribution < -0.4 is 11.2 Å². The highest BCUT2D eigenvalue weighted by Gasteiger charge is 2.23. The number of benzene rings is 1. The van der Waals surface area contributed by atoms with Gasteiger partial charge in [0.05, 0.1) is 28.5 Å². The maximum absolute atomic E-state index is 12.6. The van der Waals surface area contributed by atoms with E-state index in [0.29, 0.717) is 11.1 Å². The number of hydrogen-bond donors (Lipinski definition) is 2. The predicted molar refractivity (Wildman–Crippen MR) is 118 cm³/mol. The summed E-state index contributed by atoms with van der Waals surface area (Å²) < 4.78 is 3.39. The van der Waals surface area contributed by atoms with Crippen molar-refractivity contribution in [3.63, 3.8) is 0 Å². The molecule has 1 aromatic carbocycles. The first kappa shape index (κ1) is 20.5. The van der Waals surface area contributed by atoms with Crippen molar-refractivity contribution in [2.45, 2.75) is 57.0 Å². The molecule has 1 saturated carbocycles. The number of aromatic nitrogens is 5. The lowest BCUT2D eigenvalue weighted by Gasteiger charge is -2.20. The first-order valence-corrected chi connectivity index (χ1v) is 11.3. The number of nitrogens with two attached hydrogens (primary N) is 1. The van der Waals surface area contributed by atoms with E-state index in [1.54, 1.807) is 4.68 Å². The molecule has 158 valence electrons. The first-order chi connectivity index (χ1) is 14.5. The molecule has 1 amide bonds. The minimum atomic E-state index is -0.124. The molecule has 1 fully saturated rings. The highest BCUT2D eigenvalue weighted by Crippen LogP contribution is 2.32. The number of carbonyl (C=O) groups excluding carboxylic acids is 1. The lowest BCUT2D eigenvalue weighted by molar-refractivity contribution is -0.113. The second-order valence-electron chi connectivity index (χ2n) is 7.68. The molecule has 9 heteroatoms. The Labute approximate surface area is 180 Å². The van der Waals surface area contributed by atoms with E-state index in [1.807, 2.05) is 48.9 Å². The topological polar surface area (TPSA) is 104 Å². The number of nitrogens with one attached hydrogen (secondary N) is 1. The fraction of sp³-hybridized carbons (Fsp3) is 0.429. The number of hydrogen-bond acceptors (Lipinski definition) is 6. The molecule has 0 spiro atoms. The van der Waals surface area contributed by atoms with Gasteiger partial charge in [-0.15, -0.1) is 10.2 Å². The van der Waals surface area contributed by atoms with Crippen molar-refractivity contribution >= 4 is 23.4 Å². The summed E-state index contributed by atoms with van der Waals surface area (Å²) in [5.74, 6) is 7.49. The number of carbonyl (C=O) groups is 1. The van der Waals surface area contributed by atoms with Gasteiger partial charge in [-0.05, 0) is 38.8 Å². The molecule has 2 aromatic heterocycles. The molecule has 0 saturated heterocycles. The maximum atomic E-state index is 12.6. The van der Waals surface area contributed by atoms with Crippen LogP contribution in [0.2, 0.25) is 0 Å². The lowest BCUT2D eigenvalue weighted by Crippen LogP contribution is -2.20. The van der Waals surface area contributed by atoms with Gasteiger partial charge < -0.3 is 11.2 Å². The Morgan fingerprint density at radius 1 is 1.17 bits per heavy atom.